The predicted molar refractivity (Wildman–Crippen MR) is 70.0 cm³/mol. The average molecular weight is 285 g/mol. The zero-order chi connectivity index (χ0) is 14.0. The number of hydrogen-bond acceptors (Lipinski definition) is 5. The van der Waals surface area contributed by atoms with Crippen molar-refractivity contribution in [3.05, 3.63) is 28.3 Å². The first kappa shape index (κ1) is 13.8. The third-order valence-electron chi connectivity index (χ3n) is 3.30. The minimum Gasteiger partial charge on any atom is -0.393 e. The fourth-order valence-electron chi connectivity index (χ4n) is 1.86. The summed E-state index contributed by atoms with van der Waals surface area (Å²) in [5.74, 6) is 0.374. The maximum Gasteiger partial charge on any atom is 0.293 e. The van der Waals surface area contributed by atoms with Gasteiger partial charge in [0.25, 0.3) is 5.69 Å². The second kappa shape index (κ2) is 5.14. The van der Waals surface area contributed by atoms with E-state index in [1.165, 1.54) is 12.1 Å². The third-order valence-corrected chi connectivity index (χ3v) is 4.72. The van der Waals surface area contributed by atoms with Crippen molar-refractivity contribution in [2.24, 2.45) is 5.92 Å². The molecule has 1 fully saturated rings. The smallest absolute Gasteiger partial charge is 0.293 e. The molecule has 0 amide bonds. The summed E-state index contributed by atoms with van der Waals surface area (Å²) < 4.78 is 26.4. The summed E-state index contributed by atoms with van der Waals surface area (Å²) in [5.41, 5.74) is 4.98. The predicted octanol–water partition coefficient (Wildman–Crippen LogP) is 1.26. The molecule has 0 radical (unpaired) electrons. The first-order chi connectivity index (χ1) is 8.90. The topological polar surface area (TPSA) is 115 Å². The van der Waals surface area contributed by atoms with Gasteiger partial charge < -0.3 is 5.73 Å². The van der Waals surface area contributed by atoms with E-state index in [0.717, 1.165) is 25.3 Å². The Hall–Kier alpha value is -1.67. The SMILES string of the molecule is Nc1ccc(S(=O)(=O)NCC2CCC2)cc1[N+](=O)[O-]. The number of nitrogens with zero attached hydrogens (tertiary/aromatic N) is 1. The minimum atomic E-state index is -3.71. The fourth-order valence-corrected chi connectivity index (χ4v) is 2.99. The van der Waals surface area contributed by atoms with E-state index in [9.17, 15) is 18.5 Å². The Morgan fingerprint density at radius 1 is 1.42 bits per heavy atom. The lowest BCUT2D eigenvalue weighted by molar-refractivity contribution is -0.384. The van der Waals surface area contributed by atoms with Gasteiger partial charge in [0, 0.05) is 12.6 Å². The van der Waals surface area contributed by atoms with Crippen LogP contribution < -0.4 is 10.5 Å². The second-order valence-corrected chi connectivity index (χ2v) is 6.39. The van der Waals surface area contributed by atoms with Crippen LogP contribution in [0.3, 0.4) is 0 Å². The van der Waals surface area contributed by atoms with Crippen molar-refractivity contribution in [3.63, 3.8) is 0 Å². The fraction of sp³-hybridized carbons (Fsp3) is 0.455. The van der Waals surface area contributed by atoms with Crippen molar-refractivity contribution in [1.29, 1.82) is 0 Å². The van der Waals surface area contributed by atoms with Crippen LogP contribution in [0, 0.1) is 16.0 Å². The highest BCUT2D eigenvalue weighted by Gasteiger charge is 2.23. The van der Waals surface area contributed by atoms with Crippen molar-refractivity contribution in [2.45, 2.75) is 24.2 Å². The number of anilines is 1. The van der Waals surface area contributed by atoms with Gasteiger partial charge in [-0.3, -0.25) is 10.1 Å². The summed E-state index contributed by atoms with van der Waals surface area (Å²) >= 11 is 0. The first-order valence-electron chi connectivity index (χ1n) is 5.94. The van der Waals surface area contributed by atoms with Gasteiger partial charge in [-0.2, -0.15) is 0 Å². The molecule has 1 aromatic rings. The highest BCUT2D eigenvalue weighted by Crippen LogP contribution is 2.27. The summed E-state index contributed by atoms with van der Waals surface area (Å²) in [6.45, 7) is 0.376. The van der Waals surface area contributed by atoms with Gasteiger partial charge in [-0.15, -0.1) is 0 Å². The van der Waals surface area contributed by atoms with E-state index in [-0.39, 0.29) is 10.6 Å². The van der Waals surface area contributed by atoms with E-state index in [1.807, 2.05) is 0 Å². The van der Waals surface area contributed by atoms with E-state index >= 15 is 0 Å². The van der Waals surface area contributed by atoms with Gasteiger partial charge in [-0.05, 0) is 30.9 Å². The molecule has 1 aromatic carbocycles. The largest absolute Gasteiger partial charge is 0.393 e. The molecular formula is C11H15N3O4S. The van der Waals surface area contributed by atoms with Crippen LogP contribution in [0.25, 0.3) is 0 Å². The highest BCUT2D eigenvalue weighted by molar-refractivity contribution is 7.89. The molecule has 0 spiro atoms. The Bertz CT molecular complexity index is 596. The van der Waals surface area contributed by atoms with E-state index in [1.54, 1.807) is 0 Å². The third kappa shape index (κ3) is 3.02. The van der Waals surface area contributed by atoms with Crippen LogP contribution in [-0.2, 0) is 10.0 Å². The lowest BCUT2D eigenvalue weighted by atomic mass is 9.86. The molecule has 0 aromatic heterocycles. The van der Waals surface area contributed by atoms with Gasteiger partial charge in [0.05, 0.1) is 9.82 Å². The Balaban J connectivity index is 2.19. The molecule has 0 heterocycles. The summed E-state index contributed by atoms with van der Waals surface area (Å²) in [6.07, 6.45) is 3.16. The molecule has 1 aliphatic rings. The zero-order valence-electron chi connectivity index (χ0n) is 10.2. The molecule has 7 nitrogen and oxygen atoms in total. The number of benzene rings is 1. The molecule has 0 saturated heterocycles. The number of hydrogen-bond donors (Lipinski definition) is 2. The molecule has 8 heteroatoms. The molecule has 2 rings (SSSR count). The summed E-state index contributed by atoms with van der Waals surface area (Å²) in [4.78, 5) is 9.91. The van der Waals surface area contributed by atoms with Gasteiger partial charge in [0.15, 0.2) is 0 Å². The Kier molecular flexibility index (Phi) is 3.72. The normalized spacial score (nSPS) is 16.0. The number of sulfonamides is 1. The van der Waals surface area contributed by atoms with Crippen molar-refractivity contribution in [1.82, 2.24) is 4.72 Å². The van der Waals surface area contributed by atoms with Crippen LogP contribution in [0.15, 0.2) is 23.1 Å². The molecule has 104 valence electrons. The molecule has 3 N–H and O–H groups in total. The first-order valence-corrected chi connectivity index (χ1v) is 7.42. The van der Waals surface area contributed by atoms with E-state index in [0.29, 0.717) is 12.5 Å². The number of nitrogen functional groups attached to an aromatic ring is 1. The number of rotatable bonds is 5. The summed E-state index contributed by atoms with van der Waals surface area (Å²) in [7, 11) is -3.71. The maximum atomic E-state index is 12.0. The molecule has 0 aliphatic heterocycles. The average Bonchev–Trinajstić information content (AvgIpc) is 2.26. The summed E-state index contributed by atoms with van der Waals surface area (Å²) in [5, 5.41) is 10.7. The van der Waals surface area contributed by atoms with Crippen molar-refractivity contribution < 1.29 is 13.3 Å². The van der Waals surface area contributed by atoms with Crippen LogP contribution >= 0.6 is 0 Å². The van der Waals surface area contributed by atoms with Gasteiger partial charge in [-0.1, -0.05) is 6.42 Å². The number of nitro benzene ring substituents is 1. The lowest BCUT2D eigenvalue weighted by Gasteiger charge is -2.25. The minimum absolute atomic E-state index is 0.0528. The highest BCUT2D eigenvalue weighted by atomic mass is 32.2. The van der Waals surface area contributed by atoms with Gasteiger partial charge in [0.2, 0.25) is 10.0 Å². The van der Waals surface area contributed by atoms with Crippen LogP contribution in [0.5, 0.6) is 0 Å². The standard InChI is InChI=1S/C11H15N3O4S/c12-10-5-4-9(6-11(10)14(15)16)19(17,18)13-7-8-2-1-3-8/h4-6,8,13H,1-3,7,12H2. The van der Waals surface area contributed by atoms with Gasteiger partial charge >= 0.3 is 0 Å². The molecule has 0 atom stereocenters. The maximum absolute atomic E-state index is 12.0. The molecule has 0 bridgehead atoms. The van der Waals surface area contributed by atoms with Gasteiger partial charge in [-0.25, -0.2) is 13.1 Å². The van der Waals surface area contributed by atoms with Crippen LogP contribution in [0.1, 0.15) is 19.3 Å². The van der Waals surface area contributed by atoms with Crippen molar-refractivity contribution in [3.8, 4) is 0 Å². The quantitative estimate of drug-likeness (QED) is 0.480. The molecule has 0 unspecified atom stereocenters. The number of nitrogens with one attached hydrogen (secondary N) is 1. The van der Waals surface area contributed by atoms with Crippen molar-refractivity contribution >= 4 is 21.4 Å². The van der Waals surface area contributed by atoms with E-state index < -0.39 is 20.6 Å². The van der Waals surface area contributed by atoms with Gasteiger partial charge in [0.1, 0.15) is 5.69 Å². The molecule has 19 heavy (non-hydrogen) atoms. The Morgan fingerprint density at radius 2 is 2.11 bits per heavy atom. The summed E-state index contributed by atoms with van der Waals surface area (Å²) in [6, 6.07) is 3.49. The lowest BCUT2D eigenvalue weighted by Crippen LogP contribution is -2.32. The second-order valence-electron chi connectivity index (χ2n) is 4.63. The van der Waals surface area contributed by atoms with E-state index in [2.05, 4.69) is 4.72 Å². The van der Waals surface area contributed by atoms with Crippen LogP contribution in [0.2, 0.25) is 0 Å². The monoisotopic (exact) mass is 285 g/mol. The Morgan fingerprint density at radius 3 is 2.63 bits per heavy atom. The van der Waals surface area contributed by atoms with Crippen LogP contribution in [-0.4, -0.2) is 19.9 Å². The van der Waals surface area contributed by atoms with E-state index in [4.69, 9.17) is 5.73 Å². The Labute approximate surface area is 111 Å². The number of nitro groups is 1. The molecule has 1 saturated carbocycles. The van der Waals surface area contributed by atoms with Crippen LogP contribution in [0.4, 0.5) is 11.4 Å². The molecular weight excluding hydrogens is 270 g/mol. The number of nitrogens with two attached hydrogens (primary N) is 1. The zero-order valence-corrected chi connectivity index (χ0v) is 11.0. The molecule has 1 aliphatic carbocycles. The van der Waals surface area contributed by atoms with Crippen molar-refractivity contribution in [2.75, 3.05) is 12.3 Å².